The van der Waals surface area contributed by atoms with Crippen LogP contribution in [0.3, 0.4) is 0 Å². The molecule has 7 heavy (non-hydrogen) atoms. The fraction of sp³-hybridized carbons (Fsp3) is 0. The van der Waals surface area contributed by atoms with Gasteiger partial charge in [0.1, 0.15) is 0 Å². The summed E-state index contributed by atoms with van der Waals surface area (Å²) in [5.74, 6) is -0.252. The van der Waals surface area contributed by atoms with Crippen molar-refractivity contribution < 1.29 is 10.2 Å². The molecule has 1 rings (SSSR count). The summed E-state index contributed by atoms with van der Waals surface area (Å²) < 4.78 is 0. The van der Waals surface area contributed by atoms with Gasteiger partial charge in [-0.2, -0.15) is 10.3 Å². The summed E-state index contributed by atoms with van der Waals surface area (Å²) in [6, 6.07) is -0.391. The summed E-state index contributed by atoms with van der Waals surface area (Å²) in [6.07, 6.45) is 1.06. The van der Waals surface area contributed by atoms with E-state index >= 15 is 0 Å². The third-order valence-electron chi connectivity index (χ3n) is 0.510. The fourth-order valence-corrected chi connectivity index (χ4v) is 0.276. The van der Waals surface area contributed by atoms with Gasteiger partial charge in [0.05, 0.1) is 6.20 Å². The Hall–Kier alpha value is -1.19. The van der Waals surface area contributed by atoms with Crippen molar-refractivity contribution in [3.05, 3.63) is 12.1 Å². The molecule has 1 aliphatic rings. The minimum absolute atomic E-state index is 0.252. The topological polar surface area (TPSA) is 66.9 Å². The molecule has 0 atom stereocenters. The highest BCUT2D eigenvalue weighted by molar-refractivity contribution is 5.75. The van der Waals surface area contributed by atoms with Crippen molar-refractivity contribution in [1.82, 2.24) is 5.32 Å². The predicted molar refractivity (Wildman–Crippen MR) is 22.9 cm³/mol. The van der Waals surface area contributed by atoms with E-state index in [1.165, 1.54) is 0 Å². The molecule has 0 aromatic rings. The summed E-state index contributed by atoms with van der Waals surface area (Å²) in [7, 11) is 0. The maximum Gasteiger partial charge on any atom is 0.317 e. The van der Waals surface area contributed by atoms with Crippen molar-refractivity contribution in [2.24, 2.45) is 4.99 Å². The molecule has 0 saturated carbocycles. The quantitative estimate of drug-likeness (QED) is 0.444. The average Bonchev–Trinajstić information content (AvgIpc) is 1.87. The Morgan fingerprint density at radius 3 is 2.29 bits per heavy atom. The number of aliphatic hydroxyl groups is 2. The fourth-order valence-electron chi connectivity index (χ4n) is 0.276. The molecule has 2 N–H and O–H groups in total. The second-order valence-electron chi connectivity index (χ2n) is 1.03. The zero-order chi connectivity index (χ0) is 5.28. The number of hydrogen-bond acceptors (Lipinski definition) is 2. The van der Waals surface area contributed by atoms with Gasteiger partial charge in [0.15, 0.2) is 0 Å². The lowest BCUT2D eigenvalue weighted by atomic mass is 10.9. The van der Waals surface area contributed by atoms with E-state index in [2.05, 4.69) is 10.3 Å². The van der Waals surface area contributed by atoms with Gasteiger partial charge in [-0.15, -0.1) is 0 Å². The lowest BCUT2D eigenvalue weighted by molar-refractivity contribution is 0.377. The van der Waals surface area contributed by atoms with E-state index in [4.69, 9.17) is 10.2 Å². The molecule has 37 valence electrons. The van der Waals surface area contributed by atoms with Crippen LogP contribution in [0.5, 0.6) is 0 Å². The first kappa shape index (κ1) is 3.98. The highest BCUT2D eigenvalue weighted by Crippen LogP contribution is 1.92. The van der Waals surface area contributed by atoms with E-state index in [9.17, 15) is 0 Å². The first-order valence-electron chi connectivity index (χ1n) is 1.66. The maximum absolute atomic E-state index is 8.32. The molecule has 0 saturated heterocycles. The summed E-state index contributed by atoms with van der Waals surface area (Å²) in [6.45, 7) is 0. The highest BCUT2D eigenvalue weighted by atomic mass is 16.3. The lowest BCUT2D eigenvalue weighted by Crippen LogP contribution is -2.07. The minimum atomic E-state index is -0.391. The molecule has 1 aliphatic heterocycles. The van der Waals surface area contributed by atoms with Gasteiger partial charge in [-0.25, -0.2) is 0 Å². The van der Waals surface area contributed by atoms with E-state index in [0.717, 1.165) is 6.20 Å². The molecule has 4 nitrogen and oxygen atoms in total. The second kappa shape index (κ2) is 1.14. The Morgan fingerprint density at radius 1 is 1.43 bits per heavy atom. The third kappa shape index (κ3) is 0.623. The SMILES string of the molecule is OC1=CN=C(O)[N]1. The van der Waals surface area contributed by atoms with E-state index in [-0.39, 0.29) is 5.88 Å². The van der Waals surface area contributed by atoms with Crippen molar-refractivity contribution in [1.29, 1.82) is 0 Å². The number of rotatable bonds is 0. The Labute approximate surface area is 39.8 Å². The number of aliphatic hydroxyl groups excluding tert-OH is 2. The van der Waals surface area contributed by atoms with Gasteiger partial charge in [0, 0.05) is 0 Å². The van der Waals surface area contributed by atoms with Crippen LogP contribution in [0.2, 0.25) is 0 Å². The van der Waals surface area contributed by atoms with Gasteiger partial charge >= 0.3 is 6.02 Å². The van der Waals surface area contributed by atoms with Crippen molar-refractivity contribution in [3.63, 3.8) is 0 Å². The smallest absolute Gasteiger partial charge is 0.317 e. The molecule has 0 aliphatic carbocycles. The van der Waals surface area contributed by atoms with Crippen LogP contribution in [0.25, 0.3) is 0 Å². The summed E-state index contributed by atoms with van der Waals surface area (Å²) in [4.78, 5) is 3.21. The van der Waals surface area contributed by atoms with Gasteiger partial charge in [-0.1, -0.05) is 0 Å². The van der Waals surface area contributed by atoms with Crippen molar-refractivity contribution in [2.45, 2.75) is 0 Å². The molecule has 0 aromatic carbocycles. The van der Waals surface area contributed by atoms with Gasteiger partial charge < -0.3 is 10.2 Å². The average molecular weight is 99.1 g/mol. The van der Waals surface area contributed by atoms with Gasteiger partial charge in [-0.05, 0) is 0 Å². The number of hydrogen-bond donors (Lipinski definition) is 2. The molecule has 4 heteroatoms. The van der Waals surface area contributed by atoms with E-state index < -0.39 is 6.02 Å². The second-order valence-corrected chi connectivity index (χ2v) is 1.03. The Kier molecular flexibility index (Phi) is 0.651. The molecule has 0 aromatic heterocycles. The Morgan fingerprint density at radius 2 is 2.14 bits per heavy atom. The van der Waals surface area contributed by atoms with Crippen LogP contribution < -0.4 is 5.32 Å². The first-order valence-corrected chi connectivity index (χ1v) is 1.66. The Bertz CT molecular complexity index is 122. The normalized spacial score (nSPS) is 17.7. The molecule has 0 unspecified atom stereocenters. The van der Waals surface area contributed by atoms with Crippen molar-refractivity contribution in [2.75, 3.05) is 0 Å². The van der Waals surface area contributed by atoms with Crippen molar-refractivity contribution >= 4 is 6.02 Å². The highest BCUT2D eigenvalue weighted by Gasteiger charge is 2.04. The molecule has 0 spiro atoms. The number of aliphatic imine (C=N–C) groups is 1. The molecule has 1 heterocycles. The van der Waals surface area contributed by atoms with Crippen LogP contribution >= 0.6 is 0 Å². The van der Waals surface area contributed by atoms with Crippen LogP contribution in [-0.2, 0) is 0 Å². The summed E-state index contributed by atoms with van der Waals surface area (Å²) >= 11 is 0. The van der Waals surface area contributed by atoms with Crippen LogP contribution in [0, 0.1) is 0 Å². The number of nitrogens with zero attached hydrogens (tertiary/aromatic N) is 2. The van der Waals surface area contributed by atoms with E-state index in [1.807, 2.05) is 0 Å². The molecule has 1 radical (unpaired) electrons. The molecular formula is C3H3N2O2. The predicted octanol–water partition coefficient (Wildman–Crippen LogP) is -0.125. The van der Waals surface area contributed by atoms with E-state index in [1.54, 1.807) is 0 Å². The first-order chi connectivity index (χ1) is 3.29. The molecular weight excluding hydrogens is 96.0 g/mol. The lowest BCUT2D eigenvalue weighted by Gasteiger charge is -1.84. The minimum Gasteiger partial charge on any atom is -0.492 e. The maximum atomic E-state index is 8.32. The van der Waals surface area contributed by atoms with Gasteiger partial charge in [0.2, 0.25) is 5.88 Å². The largest absolute Gasteiger partial charge is 0.492 e. The van der Waals surface area contributed by atoms with Crippen LogP contribution in [0.1, 0.15) is 0 Å². The van der Waals surface area contributed by atoms with Crippen LogP contribution in [-0.4, -0.2) is 16.2 Å². The standard InChI is InChI=1S/C3H3N2O2/c6-2-1-4-3(7)5-2/h1,6H,(H,4,7). The van der Waals surface area contributed by atoms with Crippen molar-refractivity contribution in [3.8, 4) is 0 Å². The number of amidine groups is 1. The van der Waals surface area contributed by atoms with Gasteiger partial charge in [-0.3, -0.25) is 0 Å². The molecule has 0 fully saturated rings. The summed E-state index contributed by atoms with van der Waals surface area (Å²) in [5, 5.41) is 19.7. The molecule has 0 amide bonds. The molecule has 0 bridgehead atoms. The zero-order valence-corrected chi connectivity index (χ0v) is 3.37. The monoisotopic (exact) mass is 99.0 g/mol. The Balaban J connectivity index is 2.61. The zero-order valence-electron chi connectivity index (χ0n) is 3.37. The van der Waals surface area contributed by atoms with Gasteiger partial charge in [0.25, 0.3) is 0 Å². The third-order valence-corrected chi connectivity index (χ3v) is 0.510. The van der Waals surface area contributed by atoms with E-state index in [0.29, 0.717) is 0 Å². The summed E-state index contributed by atoms with van der Waals surface area (Å²) in [5.41, 5.74) is 0. The van der Waals surface area contributed by atoms with Crippen LogP contribution in [0.4, 0.5) is 0 Å². The van der Waals surface area contributed by atoms with Crippen LogP contribution in [0.15, 0.2) is 17.1 Å².